The molecule has 0 fully saturated rings. The Morgan fingerprint density at radius 3 is 2.65 bits per heavy atom. The average Bonchev–Trinajstić information content (AvgIpc) is 3.09. The SMILES string of the molecule is CCOC(=O)C1=C(C)OC(N)=C(C#N)C1c1ccccc1-c1cc(C(F)(F)F)nn1C. The van der Waals surface area contributed by atoms with Gasteiger partial charge >= 0.3 is 12.1 Å². The molecule has 0 spiro atoms. The van der Waals surface area contributed by atoms with E-state index in [1.54, 1.807) is 31.2 Å². The summed E-state index contributed by atoms with van der Waals surface area (Å²) in [5.41, 5.74) is 5.77. The highest BCUT2D eigenvalue weighted by atomic mass is 19.4. The molecule has 1 aliphatic heterocycles. The molecular formula is C21H19F3N4O3. The Morgan fingerprint density at radius 2 is 2.06 bits per heavy atom. The summed E-state index contributed by atoms with van der Waals surface area (Å²) >= 11 is 0. The zero-order chi connectivity index (χ0) is 22.9. The molecule has 3 rings (SSSR count). The fraction of sp³-hybridized carbons (Fsp3) is 0.286. The molecule has 0 radical (unpaired) electrons. The molecule has 1 aromatic heterocycles. The number of nitrogens with zero attached hydrogens (tertiary/aromatic N) is 3. The number of rotatable bonds is 4. The minimum Gasteiger partial charge on any atom is -0.463 e. The largest absolute Gasteiger partial charge is 0.463 e. The third kappa shape index (κ3) is 3.99. The number of allylic oxidation sites excluding steroid dienone is 2. The lowest BCUT2D eigenvalue weighted by Gasteiger charge is -2.28. The standard InChI is InChI=1S/C21H19F3N4O3/c1-4-30-20(29)17-11(2)31-19(26)14(10-25)18(17)13-8-6-5-7-12(13)15-9-16(21(22,23)24)27-28(15)3/h5-9,18H,4,26H2,1-3H3. The van der Waals surface area contributed by atoms with E-state index in [2.05, 4.69) is 5.10 Å². The summed E-state index contributed by atoms with van der Waals surface area (Å²) in [5.74, 6) is -1.73. The summed E-state index contributed by atoms with van der Waals surface area (Å²) in [6.45, 7) is 3.22. The first-order chi connectivity index (χ1) is 14.6. The number of hydrogen-bond acceptors (Lipinski definition) is 6. The van der Waals surface area contributed by atoms with Gasteiger partial charge in [0.05, 0.1) is 23.8 Å². The molecule has 0 amide bonds. The van der Waals surface area contributed by atoms with Crippen molar-refractivity contribution in [3.63, 3.8) is 0 Å². The van der Waals surface area contributed by atoms with E-state index in [4.69, 9.17) is 15.2 Å². The van der Waals surface area contributed by atoms with Gasteiger partial charge in [-0.05, 0) is 25.5 Å². The maximum atomic E-state index is 13.2. The van der Waals surface area contributed by atoms with E-state index in [0.717, 1.165) is 10.7 Å². The van der Waals surface area contributed by atoms with Gasteiger partial charge in [0, 0.05) is 12.6 Å². The number of aryl methyl sites for hydroxylation is 1. The van der Waals surface area contributed by atoms with Gasteiger partial charge in [-0.3, -0.25) is 4.68 Å². The molecule has 0 saturated carbocycles. The number of halogens is 3. The van der Waals surface area contributed by atoms with Crippen LogP contribution in [0.1, 0.15) is 31.0 Å². The van der Waals surface area contributed by atoms with Crippen LogP contribution in [0.2, 0.25) is 0 Å². The molecule has 1 aliphatic rings. The monoisotopic (exact) mass is 432 g/mol. The minimum absolute atomic E-state index is 0.0423. The molecular weight excluding hydrogens is 413 g/mol. The van der Waals surface area contributed by atoms with Crippen molar-refractivity contribution >= 4 is 5.97 Å². The second-order valence-electron chi connectivity index (χ2n) is 6.74. The fourth-order valence-corrected chi connectivity index (χ4v) is 3.51. The summed E-state index contributed by atoms with van der Waals surface area (Å²) in [5, 5.41) is 13.3. The van der Waals surface area contributed by atoms with Gasteiger partial charge in [-0.25, -0.2) is 4.79 Å². The number of hydrogen-bond donors (Lipinski definition) is 1. The predicted molar refractivity (Wildman–Crippen MR) is 104 cm³/mol. The smallest absolute Gasteiger partial charge is 0.435 e. The van der Waals surface area contributed by atoms with Crippen molar-refractivity contribution in [3.8, 4) is 17.3 Å². The molecule has 1 aromatic carbocycles. The number of alkyl halides is 3. The molecule has 0 saturated heterocycles. The van der Waals surface area contributed by atoms with Gasteiger partial charge < -0.3 is 15.2 Å². The van der Waals surface area contributed by atoms with Gasteiger partial charge in [0.15, 0.2) is 5.69 Å². The van der Waals surface area contributed by atoms with Crippen LogP contribution in [-0.4, -0.2) is 22.4 Å². The first-order valence-electron chi connectivity index (χ1n) is 9.26. The van der Waals surface area contributed by atoms with Crippen LogP contribution in [-0.2, 0) is 27.5 Å². The van der Waals surface area contributed by atoms with E-state index in [1.807, 2.05) is 6.07 Å². The van der Waals surface area contributed by atoms with Gasteiger partial charge in [0.2, 0.25) is 5.88 Å². The molecule has 1 unspecified atom stereocenters. The van der Waals surface area contributed by atoms with Crippen LogP contribution in [0, 0.1) is 11.3 Å². The maximum Gasteiger partial charge on any atom is 0.435 e. The van der Waals surface area contributed by atoms with Crippen LogP contribution in [0.25, 0.3) is 11.3 Å². The molecule has 7 nitrogen and oxygen atoms in total. The molecule has 2 aromatic rings. The fourth-order valence-electron chi connectivity index (χ4n) is 3.51. The number of carbonyl (C=O) groups is 1. The van der Waals surface area contributed by atoms with Crippen LogP contribution >= 0.6 is 0 Å². The van der Waals surface area contributed by atoms with Crippen LogP contribution < -0.4 is 5.73 Å². The van der Waals surface area contributed by atoms with Crippen molar-refractivity contribution in [1.29, 1.82) is 5.26 Å². The van der Waals surface area contributed by atoms with Crippen LogP contribution in [0.4, 0.5) is 13.2 Å². The van der Waals surface area contributed by atoms with Gasteiger partial charge in [-0.2, -0.15) is 23.5 Å². The summed E-state index contributed by atoms with van der Waals surface area (Å²) in [4.78, 5) is 12.7. The third-order valence-corrected chi connectivity index (χ3v) is 4.82. The Bertz CT molecular complexity index is 1140. The summed E-state index contributed by atoms with van der Waals surface area (Å²) < 4.78 is 51.2. The van der Waals surface area contributed by atoms with E-state index in [1.165, 1.54) is 14.0 Å². The normalized spacial score (nSPS) is 16.7. The molecule has 10 heteroatoms. The summed E-state index contributed by atoms with van der Waals surface area (Å²) in [6, 6.07) is 9.36. The van der Waals surface area contributed by atoms with Crippen LogP contribution in [0.15, 0.2) is 53.1 Å². The zero-order valence-corrected chi connectivity index (χ0v) is 16.9. The zero-order valence-electron chi connectivity index (χ0n) is 16.9. The van der Waals surface area contributed by atoms with Crippen molar-refractivity contribution in [2.24, 2.45) is 12.8 Å². The van der Waals surface area contributed by atoms with Crippen molar-refractivity contribution in [1.82, 2.24) is 9.78 Å². The number of aromatic nitrogens is 2. The summed E-state index contributed by atoms with van der Waals surface area (Å²) in [7, 11) is 1.38. The van der Waals surface area contributed by atoms with Gasteiger partial charge in [0.25, 0.3) is 0 Å². The highest BCUT2D eigenvalue weighted by Crippen LogP contribution is 2.43. The topological polar surface area (TPSA) is 103 Å². The van der Waals surface area contributed by atoms with E-state index < -0.39 is 23.8 Å². The molecule has 0 aliphatic carbocycles. The van der Waals surface area contributed by atoms with E-state index in [0.29, 0.717) is 11.1 Å². The Labute approximate surface area is 176 Å². The number of nitrogens with two attached hydrogens (primary N) is 1. The average molecular weight is 432 g/mol. The number of benzene rings is 1. The van der Waals surface area contributed by atoms with Crippen molar-refractivity contribution in [3.05, 3.63) is 64.4 Å². The lowest BCUT2D eigenvalue weighted by atomic mass is 9.80. The van der Waals surface area contributed by atoms with Crippen molar-refractivity contribution in [2.45, 2.75) is 25.9 Å². The first kappa shape index (κ1) is 22.0. The number of nitriles is 1. The van der Waals surface area contributed by atoms with Crippen LogP contribution in [0.3, 0.4) is 0 Å². The Hall–Kier alpha value is -3.74. The number of carbonyl (C=O) groups excluding carboxylic acids is 1. The third-order valence-electron chi connectivity index (χ3n) is 4.82. The van der Waals surface area contributed by atoms with Gasteiger partial charge in [-0.1, -0.05) is 24.3 Å². The Kier molecular flexibility index (Phi) is 5.79. The van der Waals surface area contributed by atoms with E-state index >= 15 is 0 Å². The quantitative estimate of drug-likeness (QED) is 0.738. The maximum absolute atomic E-state index is 13.2. The highest BCUT2D eigenvalue weighted by molar-refractivity contribution is 5.93. The summed E-state index contributed by atoms with van der Waals surface area (Å²) in [6.07, 6.45) is -4.63. The lowest BCUT2D eigenvalue weighted by molar-refractivity contribution is -0.141. The first-order valence-corrected chi connectivity index (χ1v) is 9.26. The van der Waals surface area contributed by atoms with Crippen molar-refractivity contribution in [2.75, 3.05) is 6.61 Å². The van der Waals surface area contributed by atoms with Crippen molar-refractivity contribution < 1.29 is 27.4 Å². The van der Waals surface area contributed by atoms with Gasteiger partial charge in [0.1, 0.15) is 17.4 Å². The molecule has 2 heterocycles. The van der Waals surface area contributed by atoms with Crippen LogP contribution in [0.5, 0.6) is 0 Å². The molecule has 2 N–H and O–H groups in total. The molecule has 1 atom stereocenters. The Balaban J connectivity index is 2.26. The van der Waals surface area contributed by atoms with Gasteiger partial charge in [-0.15, -0.1) is 0 Å². The highest BCUT2D eigenvalue weighted by Gasteiger charge is 2.39. The predicted octanol–water partition coefficient (Wildman–Crippen LogP) is 3.75. The molecule has 162 valence electrons. The van der Waals surface area contributed by atoms with E-state index in [9.17, 15) is 23.2 Å². The molecule has 31 heavy (non-hydrogen) atoms. The van der Waals surface area contributed by atoms with E-state index in [-0.39, 0.29) is 35.1 Å². The second kappa shape index (κ2) is 8.18. The Morgan fingerprint density at radius 1 is 1.39 bits per heavy atom. The second-order valence-corrected chi connectivity index (χ2v) is 6.74. The minimum atomic E-state index is -4.63. The lowest BCUT2D eigenvalue weighted by Crippen LogP contribution is -2.26. The number of ether oxygens (including phenoxy) is 2. The molecule has 0 bridgehead atoms. The number of esters is 1.